The van der Waals surface area contributed by atoms with Crippen molar-refractivity contribution < 1.29 is 4.74 Å². The lowest BCUT2D eigenvalue weighted by molar-refractivity contribution is 0.414. The van der Waals surface area contributed by atoms with Gasteiger partial charge in [0.2, 0.25) is 0 Å². The van der Waals surface area contributed by atoms with Crippen molar-refractivity contribution >= 4 is 5.69 Å². The first-order valence-electron chi connectivity index (χ1n) is 6.68. The molecule has 1 aromatic carbocycles. The van der Waals surface area contributed by atoms with Crippen molar-refractivity contribution in [1.82, 2.24) is 4.57 Å². The second kappa shape index (κ2) is 5.82. The first-order valence-corrected chi connectivity index (χ1v) is 6.68. The van der Waals surface area contributed by atoms with Gasteiger partial charge < -0.3 is 15.0 Å². The largest absolute Gasteiger partial charge is 0.497 e. The van der Waals surface area contributed by atoms with Gasteiger partial charge in [-0.2, -0.15) is 0 Å². The Bertz CT molecular complexity index is 657. The fraction of sp³-hybridized carbons (Fsp3) is 0.312. The minimum atomic E-state index is -0.129. The smallest absolute Gasteiger partial charge is 0.274 e. The van der Waals surface area contributed by atoms with E-state index in [1.165, 1.54) is 0 Å². The molecule has 106 valence electrons. The molecule has 0 bridgehead atoms. The summed E-state index contributed by atoms with van der Waals surface area (Å²) in [6.07, 6.45) is 2.76. The zero-order chi connectivity index (χ0) is 14.7. The number of hydrogen-bond donors (Lipinski definition) is 1. The Hall–Kier alpha value is -2.23. The van der Waals surface area contributed by atoms with Crippen LogP contribution in [0.2, 0.25) is 0 Å². The summed E-state index contributed by atoms with van der Waals surface area (Å²) in [5.74, 6) is 0.804. The van der Waals surface area contributed by atoms with E-state index in [9.17, 15) is 4.79 Å². The molecule has 4 heteroatoms. The van der Waals surface area contributed by atoms with E-state index in [0.717, 1.165) is 28.9 Å². The van der Waals surface area contributed by atoms with E-state index in [1.54, 1.807) is 11.7 Å². The van der Waals surface area contributed by atoms with Gasteiger partial charge in [0.1, 0.15) is 11.4 Å². The summed E-state index contributed by atoms with van der Waals surface area (Å²) >= 11 is 0. The van der Waals surface area contributed by atoms with Gasteiger partial charge in [-0.25, -0.2) is 0 Å². The molecule has 0 aliphatic heterocycles. The standard InChI is InChI=1S/C16H20N2O2/c1-4-13-10-18(16(19)15(17)11(13)2)9-12-5-7-14(20-3)8-6-12/h5-8,10H,4,9,17H2,1-3H3. The van der Waals surface area contributed by atoms with Gasteiger partial charge in [0.15, 0.2) is 0 Å². The number of ether oxygens (including phenoxy) is 1. The molecule has 4 nitrogen and oxygen atoms in total. The molecule has 2 N–H and O–H groups in total. The van der Waals surface area contributed by atoms with Crippen LogP contribution in [0.4, 0.5) is 5.69 Å². The molecule has 1 aromatic heterocycles. The highest BCUT2D eigenvalue weighted by Gasteiger charge is 2.09. The van der Waals surface area contributed by atoms with Crippen LogP contribution < -0.4 is 16.0 Å². The maximum absolute atomic E-state index is 12.2. The minimum Gasteiger partial charge on any atom is -0.497 e. The van der Waals surface area contributed by atoms with Gasteiger partial charge in [0, 0.05) is 6.20 Å². The fourth-order valence-corrected chi connectivity index (χ4v) is 2.23. The monoisotopic (exact) mass is 272 g/mol. The summed E-state index contributed by atoms with van der Waals surface area (Å²) in [7, 11) is 1.63. The van der Waals surface area contributed by atoms with Crippen LogP contribution in [0.3, 0.4) is 0 Å². The number of benzene rings is 1. The van der Waals surface area contributed by atoms with Gasteiger partial charge in [-0.3, -0.25) is 4.79 Å². The van der Waals surface area contributed by atoms with E-state index in [1.807, 2.05) is 37.4 Å². The number of anilines is 1. The summed E-state index contributed by atoms with van der Waals surface area (Å²) in [6, 6.07) is 7.68. The molecule has 0 atom stereocenters. The van der Waals surface area contributed by atoms with Gasteiger partial charge in [-0.1, -0.05) is 19.1 Å². The summed E-state index contributed by atoms with van der Waals surface area (Å²) < 4.78 is 6.80. The summed E-state index contributed by atoms with van der Waals surface area (Å²) in [5.41, 5.74) is 9.16. The molecule has 0 amide bonds. The molecule has 0 aliphatic rings. The maximum atomic E-state index is 12.2. The third-order valence-electron chi connectivity index (χ3n) is 3.58. The number of nitrogen functional groups attached to an aromatic ring is 1. The highest BCUT2D eigenvalue weighted by atomic mass is 16.5. The average Bonchev–Trinajstić information content (AvgIpc) is 2.48. The van der Waals surface area contributed by atoms with Gasteiger partial charge >= 0.3 is 0 Å². The molecule has 0 fully saturated rings. The van der Waals surface area contributed by atoms with E-state index in [-0.39, 0.29) is 5.56 Å². The lowest BCUT2D eigenvalue weighted by Gasteiger charge is -2.13. The quantitative estimate of drug-likeness (QED) is 0.929. The van der Waals surface area contributed by atoms with Crippen LogP contribution in [-0.4, -0.2) is 11.7 Å². The third-order valence-corrected chi connectivity index (χ3v) is 3.58. The number of rotatable bonds is 4. The molecular formula is C16H20N2O2. The van der Waals surface area contributed by atoms with Gasteiger partial charge in [0.05, 0.1) is 13.7 Å². The van der Waals surface area contributed by atoms with Crippen LogP contribution >= 0.6 is 0 Å². The molecule has 0 radical (unpaired) electrons. The number of methoxy groups -OCH3 is 1. The van der Waals surface area contributed by atoms with Crippen LogP contribution in [0.1, 0.15) is 23.6 Å². The number of nitrogens with two attached hydrogens (primary N) is 1. The normalized spacial score (nSPS) is 10.6. The Morgan fingerprint density at radius 1 is 1.25 bits per heavy atom. The Balaban J connectivity index is 2.37. The second-order valence-corrected chi connectivity index (χ2v) is 4.83. The lowest BCUT2D eigenvalue weighted by Crippen LogP contribution is -2.25. The molecule has 2 rings (SSSR count). The number of aryl methyl sites for hydroxylation is 1. The predicted octanol–water partition coefficient (Wildman–Crippen LogP) is 2.36. The van der Waals surface area contributed by atoms with Crippen LogP contribution in [0.15, 0.2) is 35.3 Å². The first kappa shape index (κ1) is 14.2. The van der Waals surface area contributed by atoms with Crippen molar-refractivity contribution in [2.45, 2.75) is 26.8 Å². The van der Waals surface area contributed by atoms with E-state index >= 15 is 0 Å². The number of aromatic nitrogens is 1. The van der Waals surface area contributed by atoms with Crippen LogP contribution in [0.5, 0.6) is 5.75 Å². The van der Waals surface area contributed by atoms with Gasteiger partial charge in [-0.05, 0) is 42.2 Å². The molecular weight excluding hydrogens is 252 g/mol. The Labute approximate surface area is 118 Å². The van der Waals surface area contributed by atoms with Crippen molar-refractivity contribution in [2.24, 2.45) is 0 Å². The van der Waals surface area contributed by atoms with Crippen molar-refractivity contribution in [3.8, 4) is 5.75 Å². The minimum absolute atomic E-state index is 0.129. The lowest BCUT2D eigenvalue weighted by atomic mass is 10.1. The fourth-order valence-electron chi connectivity index (χ4n) is 2.23. The predicted molar refractivity (Wildman–Crippen MR) is 81.3 cm³/mol. The van der Waals surface area contributed by atoms with Crippen molar-refractivity contribution in [1.29, 1.82) is 0 Å². The maximum Gasteiger partial charge on any atom is 0.274 e. The van der Waals surface area contributed by atoms with Crippen LogP contribution in [0.25, 0.3) is 0 Å². The second-order valence-electron chi connectivity index (χ2n) is 4.83. The number of pyridine rings is 1. The summed E-state index contributed by atoms with van der Waals surface area (Å²) in [6.45, 7) is 4.47. The van der Waals surface area contributed by atoms with Crippen LogP contribution in [0, 0.1) is 6.92 Å². The number of nitrogens with zero attached hydrogens (tertiary/aromatic N) is 1. The Morgan fingerprint density at radius 3 is 2.45 bits per heavy atom. The molecule has 0 unspecified atom stereocenters. The molecule has 1 heterocycles. The van der Waals surface area contributed by atoms with Crippen LogP contribution in [-0.2, 0) is 13.0 Å². The Morgan fingerprint density at radius 2 is 1.90 bits per heavy atom. The van der Waals surface area contributed by atoms with E-state index in [0.29, 0.717) is 12.2 Å². The van der Waals surface area contributed by atoms with E-state index in [2.05, 4.69) is 6.92 Å². The Kier molecular flexibility index (Phi) is 4.13. The first-order chi connectivity index (χ1) is 9.56. The highest BCUT2D eigenvalue weighted by Crippen LogP contribution is 2.15. The SMILES string of the molecule is CCc1cn(Cc2ccc(OC)cc2)c(=O)c(N)c1C. The molecule has 2 aromatic rings. The van der Waals surface area contributed by atoms with Crippen molar-refractivity contribution in [3.05, 3.63) is 57.5 Å². The number of hydrogen-bond acceptors (Lipinski definition) is 3. The average molecular weight is 272 g/mol. The zero-order valence-corrected chi connectivity index (χ0v) is 12.1. The molecule has 20 heavy (non-hydrogen) atoms. The third kappa shape index (κ3) is 2.69. The van der Waals surface area contributed by atoms with Gasteiger partial charge in [0.25, 0.3) is 5.56 Å². The van der Waals surface area contributed by atoms with Crippen molar-refractivity contribution in [3.63, 3.8) is 0 Å². The molecule has 0 aliphatic carbocycles. The molecule has 0 saturated carbocycles. The zero-order valence-electron chi connectivity index (χ0n) is 12.1. The highest BCUT2D eigenvalue weighted by molar-refractivity contribution is 5.48. The van der Waals surface area contributed by atoms with Gasteiger partial charge in [-0.15, -0.1) is 0 Å². The van der Waals surface area contributed by atoms with E-state index in [4.69, 9.17) is 10.5 Å². The summed E-state index contributed by atoms with van der Waals surface area (Å²) in [5, 5.41) is 0. The topological polar surface area (TPSA) is 57.2 Å². The molecule has 0 saturated heterocycles. The summed E-state index contributed by atoms with van der Waals surface area (Å²) in [4.78, 5) is 12.2. The van der Waals surface area contributed by atoms with E-state index < -0.39 is 0 Å². The van der Waals surface area contributed by atoms with Crippen molar-refractivity contribution in [2.75, 3.05) is 12.8 Å². The molecule has 0 spiro atoms.